The van der Waals surface area contributed by atoms with E-state index in [9.17, 15) is 9.59 Å². The number of aliphatic carboxylic acids is 1. The van der Waals surface area contributed by atoms with E-state index in [1.165, 1.54) is 0 Å². The number of aryl methyl sites for hydroxylation is 1. The van der Waals surface area contributed by atoms with Crippen LogP contribution < -0.4 is 0 Å². The van der Waals surface area contributed by atoms with Crippen molar-refractivity contribution in [3.05, 3.63) is 46.8 Å². The maximum absolute atomic E-state index is 12.0. The summed E-state index contributed by atoms with van der Waals surface area (Å²) in [6.07, 6.45) is 2.30. The predicted octanol–water partition coefficient (Wildman–Crippen LogP) is 2.33. The number of hydrogen-bond acceptors (Lipinski definition) is 3. The molecule has 0 bridgehead atoms. The molecule has 0 fully saturated rings. The van der Waals surface area contributed by atoms with Crippen LogP contribution in [0, 0.1) is 6.92 Å². The van der Waals surface area contributed by atoms with Crippen LogP contribution in [0.1, 0.15) is 40.2 Å². The van der Waals surface area contributed by atoms with Crippen LogP contribution in [0.2, 0.25) is 0 Å². The largest absolute Gasteiger partial charge is 0.481 e. The number of carboxylic acids is 1. The molecular formula is C16H16N2O3. The number of aromatic nitrogens is 2. The van der Waals surface area contributed by atoms with Crippen LogP contribution in [0.4, 0.5) is 0 Å². The first kappa shape index (κ1) is 13.5. The summed E-state index contributed by atoms with van der Waals surface area (Å²) in [4.78, 5) is 22.7. The molecule has 3 rings (SSSR count). The Kier molecular flexibility index (Phi) is 3.33. The molecule has 0 aliphatic heterocycles. The van der Waals surface area contributed by atoms with Gasteiger partial charge in [-0.05, 0) is 37.5 Å². The van der Waals surface area contributed by atoms with Gasteiger partial charge in [-0.2, -0.15) is 5.10 Å². The quantitative estimate of drug-likeness (QED) is 0.939. The molecule has 0 spiro atoms. The molecule has 108 valence electrons. The highest BCUT2D eigenvalue weighted by Gasteiger charge is 2.25. The van der Waals surface area contributed by atoms with E-state index in [0.29, 0.717) is 6.42 Å². The average molecular weight is 284 g/mol. The molecule has 0 saturated carbocycles. The van der Waals surface area contributed by atoms with Crippen LogP contribution in [0.3, 0.4) is 0 Å². The average Bonchev–Trinajstić information content (AvgIpc) is 2.78. The zero-order chi connectivity index (χ0) is 15.0. The van der Waals surface area contributed by atoms with E-state index >= 15 is 0 Å². The maximum atomic E-state index is 12.0. The minimum Gasteiger partial charge on any atom is -0.481 e. The fourth-order valence-electron chi connectivity index (χ4n) is 2.85. The lowest BCUT2D eigenvalue weighted by Crippen LogP contribution is -2.13. The van der Waals surface area contributed by atoms with Gasteiger partial charge in [0.1, 0.15) is 0 Å². The number of Topliss-reactive ketones (excluding diaryl/α,β-unsaturated/α-hetero) is 1. The zero-order valence-electron chi connectivity index (χ0n) is 11.8. The molecule has 21 heavy (non-hydrogen) atoms. The Labute approximate surface area is 122 Å². The molecule has 0 atom stereocenters. The number of rotatable bonds is 3. The molecule has 1 N–H and O–H groups in total. The number of hydrogen-bond donors (Lipinski definition) is 1. The van der Waals surface area contributed by atoms with Crippen LogP contribution in [-0.2, 0) is 17.6 Å². The van der Waals surface area contributed by atoms with Gasteiger partial charge >= 0.3 is 5.97 Å². The third kappa shape index (κ3) is 2.46. The van der Waals surface area contributed by atoms with Crippen molar-refractivity contribution in [1.82, 2.24) is 9.78 Å². The third-order valence-corrected chi connectivity index (χ3v) is 3.79. The van der Waals surface area contributed by atoms with E-state index in [0.717, 1.165) is 41.0 Å². The molecule has 0 radical (unpaired) electrons. The Balaban J connectivity index is 1.99. The van der Waals surface area contributed by atoms with Crippen molar-refractivity contribution < 1.29 is 14.7 Å². The number of benzene rings is 1. The summed E-state index contributed by atoms with van der Waals surface area (Å²) in [7, 11) is 0. The van der Waals surface area contributed by atoms with Crippen LogP contribution in [0.5, 0.6) is 0 Å². The minimum atomic E-state index is -0.847. The summed E-state index contributed by atoms with van der Waals surface area (Å²) in [6, 6.07) is 7.28. The van der Waals surface area contributed by atoms with Crippen molar-refractivity contribution in [3.8, 4) is 5.69 Å². The van der Waals surface area contributed by atoms with E-state index < -0.39 is 5.97 Å². The Morgan fingerprint density at radius 3 is 2.67 bits per heavy atom. The Bertz CT molecular complexity index is 714. The van der Waals surface area contributed by atoms with Crippen molar-refractivity contribution in [3.63, 3.8) is 0 Å². The van der Waals surface area contributed by atoms with Crippen molar-refractivity contribution in [2.45, 2.75) is 32.6 Å². The highest BCUT2D eigenvalue weighted by Crippen LogP contribution is 2.26. The van der Waals surface area contributed by atoms with Gasteiger partial charge in [-0.1, -0.05) is 12.1 Å². The summed E-state index contributed by atoms with van der Waals surface area (Å²) in [5.41, 5.74) is 4.11. The Morgan fingerprint density at radius 2 is 2.00 bits per heavy atom. The second-order valence-electron chi connectivity index (χ2n) is 5.33. The first-order valence-electron chi connectivity index (χ1n) is 6.99. The van der Waals surface area contributed by atoms with E-state index in [-0.39, 0.29) is 12.2 Å². The Hall–Kier alpha value is -2.43. The highest BCUT2D eigenvalue weighted by molar-refractivity contribution is 5.99. The molecule has 1 aromatic heterocycles. The smallest absolute Gasteiger partial charge is 0.307 e. The van der Waals surface area contributed by atoms with Crippen molar-refractivity contribution in [2.24, 2.45) is 0 Å². The normalized spacial score (nSPS) is 14.0. The molecule has 0 saturated heterocycles. The SMILES string of the molecule is Cc1nn(-c2ccc(CC(=O)O)cc2)c2c1C(=O)CCC2. The van der Waals surface area contributed by atoms with Gasteiger partial charge in [0.05, 0.1) is 29.1 Å². The molecule has 1 heterocycles. The van der Waals surface area contributed by atoms with Gasteiger partial charge in [-0.3, -0.25) is 9.59 Å². The monoisotopic (exact) mass is 284 g/mol. The maximum Gasteiger partial charge on any atom is 0.307 e. The summed E-state index contributed by atoms with van der Waals surface area (Å²) >= 11 is 0. The van der Waals surface area contributed by atoms with E-state index in [1.807, 2.05) is 23.7 Å². The first-order chi connectivity index (χ1) is 10.1. The van der Waals surface area contributed by atoms with Gasteiger partial charge in [0.2, 0.25) is 0 Å². The summed E-state index contributed by atoms with van der Waals surface area (Å²) in [5, 5.41) is 13.3. The number of carboxylic acid groups (broad SMARTS) is 1. The standard InChI is InChI=1S/C16H16N2O3/c1-10-16-13(3-2-4-14(16)19)18(17-10)12-7-5-11(6-8-12)9-15(20)21/h5-8H,2-4,9H2,1H3,(H,20,21). The Morgan fingerprint density at radius 1 is 1.29 bits per heavy atom. The fourth-order valence-corrected chi connectivity index (χ4v) is 2.85. The lowest BCUT2D eigenvalue weighted by Gasteiger charge is -2.13. The number of carbonyl (C=O) groups excluding carboxylic acids is 1. The molecule has 5 heteroatoms. The van der Waals surface area contributed by atoms with Crippen molar-refractivity contribution in [1.29, 1.82) is 0 Å². The van der Waals surface area contributed by atoms with Crippen LogP contribution in [0.25, 0.3) is 5.69 Å². The van der Waals surface area contributed by atoms with Crippen molar-refractivity contribution >= 4 is 11.8 Å². The second kappa shape index (κ2) is 5.16. The van der Waals surface area contributed by atoms with E-state index in [4.69, 9.17) is 5.11 Å². The van der Waals surface area contributed by atoms with Gasteiger partial charge in [-0.15, -0.1) is 0 Å². The van der Waals surface area contributed by atoms with Crippen LogP contribution in [0.15, 0.2) is 24.3 Å². The summed E-state index contributed by atoms with van der Waals surface area (Å²) in [5.74, 6) is -0.678. The lowest BCUT2D eigenvalue weighted by atomic mass is 9.94. The first-order valence-corrected chi connectivity index (χ1v) is 6.99. The topological polar surface area (TPSA) is 72.2 Å². The van der Waals surface area contributed by atoms with Gasteiger partial charge < -0.3 is 5.11 Å². The van der Waals surface area contributed by atoms with E-state index in [1.54, 1.807) is 12.1 Å². The van der Waals surface area contributed by atoms with Gasteiger partial charge in [0, 0.05) is 6.42 Å². The van der Waals surface area contributed by atoms with E-state index in [2.05, 4.69) is 5.10 Å². The summed E-state index contributed by atoms with van der Waals surface area (Å²) < 4.78 is 1.81. The fraction of sp³-hybridized carbons (Fsp3) is 0.312. The van der Waals surface area contributed by atoms with Gasteiger partial charge in [0.15, 0.2) is 5.78 Å². The zero-order valence-corrected chi connectivity index (χ0v) is 11.8. The molecule has 0 unspecified atom stereocenters. The predicted molar refractivity (Wildman–Crippen MR) is 76.9 cm³/mol. The molecule has 1 aliphatic rings. The number of fused-ring (bicyclic) bond motifs is 1. The van der Waals surface area contributed by atoms with Crippen molar-refractivity contribution in [2.75, 3.05) is 0 Å². The molecule has 2 aromatic rings. The molecule has 5 nitrogen and oxygen atoms in total. The summed E-state index contributed by atoms with van der Waals surface area (Å²) in [6.45, 7) is 1.86. The second-order valence-corrected chi connectivity index (χ2v) is 5.33. The number of nitrogens with zero attached hydrogens (tertiary/aromatic N) is 2. The third-order valence-electron chi connectivity index (χ3n) is 3.79. The molecular weight excluding hydrogens is 268 g/mol. The van der Waals surface area contributed by atoms with Crippen LogP contribution >= 0.6 is 0 Å². The van der Waals surface area contributed by atoms with Crippen LogP contribution in [-0.4, -0.2) is 26.6 Å². The number of carbonyl (C=O) groups is 2. The molecule has 1 aromatic carbocycles. The highest BCUT2D eigenvalue weighted by atomic mass is 16.4. The molecule has 1 aliphatic carbocycles. The molecule has 0 amide bonds. The lowest BCUT2D eigenvalue weighted by molar-refractivity contribution is -0.136. The van der Waals surface area contributed by atoms with Gasteiger partial charge in [-0.25, -0.2) is 4.68 Å². The minimum absolute atomic E-state index is 0.00894. The number of ketones is 1. The van der Waals surface area contributed by atoms with Gasteiger partial charge in [0.25, 0.3) is 0 Å².